The Hall–Kier alpha value is -3.54. The molecule has 0 fully saturated rings. The third-order valence-corrected chi connectivity index (χ3v) is 3.99. The van der Waals surface area contributed by atoms with Gasteiger partial charge in [-0.3, -0.25) is 4.79 Å². The number of anilines is 3. The number of pyridine rings is 1. The lowest BCUT2D eigenvalue weighted by molar-refractivity contribution is 0.102. The van der Waals surface area contributed by atoms with Gasteiger partial charge in [-0.25, -0.2) is 4.98 Å². The third kappa shape index (κ3) is 4.55. The van der Waals surface area contributed by atoms with Crippen molar-refractivity contribution in [2.45, 2.75) is 6.92 Å². The van der Waals surface area contributed by atoms with Crippen molar-refractivity contribution in [3.63, 3.8) is 0 Å². The molecule has 6 nitrogen and oxygen atoms in total. The molecular weight excluding hydrogens is 342 g/mol. The summed E-state index contributed by atoms with van der Waals surface area (Å²) in [7, 11) is 3.22. The first-order valence-corrected chi connectivity index (χ1v) is 8.42. The number of hydrogen-bond donors (Lipinski definition) is 2. The van der Waals surface area contributed by atoms with Crippen molar-refractivity contribution < 1.29 is 14.3 Å². The van der Waals surface area contributed by atoms with Crippen LogP contribution in [0, 0.1) is 6.92 Å². The maximum Gasteiger partial charge on any atom is 0.257 e. The Morgan fingerprint density at radius 1 is 0.963 bits per heavy atom. The quantitative estimate of drug-likeness (QED) is 0.679. The van der Waals surface area contributed by atoms with Gasteiger partial charge in [0.1, 0.15) is 17.3 Å². The predicted molar refractivity (Wildman–Crippen MR) is 106 cm³/mol. The van der Waals surface area contributed by atoms with Crippen molar-refractivity contribution in [3.05, 3.63) is 71.9 Å². The van der Waals surface area contributed by atoms with Gasteiger partial charge in [-0.05, 0) is 61.0 Å². The highest BCUT2D eigenvalue weighted by atomic mass is 16.5. The molecule has 0 saturated carbocycles. The summed E-state index contributed by atoms with van der Waals surface area (Å²) >= 11 is 0. The predicted octanol–water partition coefficient (Wildman–Crippen LogP) is 4.40. The molecule has 0 spiro atoms. The van der Waals surface area contributed by atoms with Crippen LogP contribution in [-0.2, 0) is 0 Å². The molecule has 27 heavy (non-hydrogen) atoms. The van der Waals surface area contributed by atoms with Gasteiger partial charge in [0, 0.05) is 11.9 Å². The van der Waals surface area contributed by atoms with E-state index >= 15 is 0 Å². The zero-order valence-electron chi connectivity index (χ0n) is 15.4. The largest absolute Gasteiger partial charge is 0.497 e. The van der Waals surface area contributed by atoms with E-state index in [1.54, 1.807) is 50.6 Å². The van der Waals surface area contributed by atoms with Crippen LogP contribution in [0.15, 0.2) is 60.8 Å². The second-order valence-electron chi connectivity index (χ2n) is 5.94. The molecule has 0 aliphatic heterocycles. The topological polar surface area (TPSA) is 72.5 Å². The summed E-state index contributed by atoms with van der Waals surface area (Å²) in [4.78, 5) is 16.7. The number of nitrogens with one attached hydrogen (secondary N) is 2. The number of methoxy groups -OCH3 is 2. The molecule has 3 aromatic rings. The second-order valence-corrected chi connectivity index (χ2v) is 5.94. The van der Waals surface area contributed by atoms with Gasteiger partial charge in [0.25, 0.3) is 5.91 Å². The lowest BCUT2D eigenvalue weighted by atomic mass is 10.2. The number of rotatable bonds is 6. The maximum atomic E-state index is 12.4. The first kappa shape index (κ1) is 18.3. The summed E-state index contributed by atoms with van der Waals surface area (Å²) in [5.41, 5.74) is 3.08. The van der Waals surface area contributed by atoms with Gasteiger partial charge in [0.15, 0.2) is 0 Å². The molecule has 138 valence electrons. The van der Waals surface area contributed by atoms with Crippen LogP contribution in [0.3, 0.4) is 0 Å². The van der Waals surface area contributed by atoms with Gasteiger partial charge in [0.2, 0.25) is 0 Å². The molecule has 1 heterocycles. The van der Waals surface area contributed by atoms with Gasteiger partial charge in [-0.15, -0.1) is 0 Å². The number of nitrogens with zero attached hydrogens (tertiary/aromatic N) is 1. The lowest BCUT2D eigenvalue weighted by Gasteiger charge is -2.12. The van der Waals surface area contributed by atoms with E-state index < -0.39 is 0 Å². The average Bonchev–Trinajstić information content (AvgIpc) is 2.69. The fourth-order valence-electron chi connectivity index (χ4n) is 2.54. The standard InChI is InChI=1S/C21H21N3O3/c1-14-4-10-19(27-3)18(12-14)24-20-11-5-15(13-22-20)21(25)23-16-6-8-17(26-2)9-7-16/h4-13H,1-3H3,(H,22,24)(H,23,25). The normalized spacial score (nSPS) is 10.2. The van der Waals surface area contributed by atoms with Crippen molar-refractivity contribution in [1.82, 2.24) is 4.98 Å². The first-order valence-electron chi connectivity index (χ1n) is 8.42. The van der Waals surface area contributed by atoms with Crippen molar-refractivity contribution in [2.75, 3.05) is 24.9 Å². The second kappa shape index (κ2) is 8.23. The van der Waals surface area contributed by atoms with Crippen molar-refractivity contribution in [1.29, 1.82) is 0 Å². The molecule has 0 unspecified atom stereocenters. The molecule has 3 rings (SSSR count). The number of amides is 1. The van der Waals surface area contributed by atoms with Gasteiger partial charge in [-0.2, -0.15) is 0 Å². The molecule has 2 N–H and O–H groups in total. The van der Waals surface area contributed by atoms with Gasteiger partial charge in [0.05, 0.1) is 25.5 Å². The molecule has 0 aliphatic rings. The fraction of sp³-hybridized carbons (Fsp3) is 0.143. The van der Waals surface area contributed by atoms with Crippen LogP contribution < -0.4 is 20.1 Å². The molecule has 0 radical (unpaired) electrons. The van der Waals surface area contributed by atoms with E-state index in [-0.39, 0.29) is 5.91 Å². The van der Waals surface area contributed by atoms with Gasteiger partial charge >= 0.3 is 0 Å². The minimum absolute atomic E-state index is 0.229. The highest BCUT2D eigenvalue weighted by Gasteiger charge is 2.09. The Kier molecular flexibility index (Phi) is 5.56. The molecule has 6 heteroatoms. The highest BCUT2D eigenvalue weighted by molar-refractivity contribution is 6.04. The van der Waals surface area contributed by atoms with Crippen LogP contribution in [0.1, 0.15) is 15.9 Å². The SMILES string of the molecule is COc1ccc(NC(=O)c2ccc(Nc3cc(C)ccc3OC)nc2)cc1. The van der Waals surface area contributed by atoms with E-state index in [2.05, 4.69) is 15.6 Å². The molecule has 1 aromatic heterocycles. The first-order chi connectivity index (χ1) is 13.1. The van der Waals surface area contributed by atoms with Crippen molar-refractivity contribution >= 4 is 23.1 Å². The van der Waals surface area contributed by atoms with E-state index in [1.807, 2.05) is 25.1 Å². The smallest absolute Gasteiger partial charge is 0.257 e. The summed E-state index contributed by atoms with van der Waals surface area (Å²) in [6.45, 7) is 2.00. The monoisotopic (exact) mass is 363 g/mol. The highest BCUT2D eigenvalue weighted by Crippen LogP contribution is 2.28. The summed E-state index contributed by atoms with van der Waals surface area (Å²) in [5, 5.41) is 6.04. The number of carbonyl (C=O) groups is 1. The van der Waals surface area contributed by atoms with Crippen LogP contribution in [0.5, 0.6) is 11.5 Å². The number of benzene rings is 2. The van der Waals surface area contributed by atoms with E-state index in [9.17, 15) is 4.79 Å². The van der Waals surface area contributed by atoms with Crippen LogP contribution in [0.2, 0.25) is 0 Å². The number of aromatic nitrogens is 1. The third-order valence-electron chi connectivity index (χ3n) is 3.99. The Balaban J connectivity index is 1.69. The van der Waals surface area contributed by atoms with E-state index in [0.717, 1.165) is 22.7 Å². The number of carbonyl (C=O) groups excluding carboxylic acids is 1. The molecule has 0 atom stereocenters. The molecule has 2 aromatic carbocycles. The molecule has 0 bridgehead atoms. The zero-order valence-corrected chi connectivity index (χ0v) is 15.4. The number of ether oxygens (including phenoxy) is 2. The Bertz CT molecular complexity index is 922. The average molecular weight is 363 g/mol. The number of aryl methyl sites for hydroxylation is 1. The minimum atomic E-state index is -0.229. The minimum Gasteiger partial charge on any atom is -0.497 e. The van der Waals surface area contributed by atoms with Crippen LogP contribution in [0.4, 0.5) is 17.2 Å². The van der Waals surface area contributed by atoms with E-state index in [4.69, 9.17) is 9.47 Å². The summed E-state index contributed by atoms with van der Waals surface area (Å²) in [5.74, 6) is 1.85. The summed E-state index contributed by atoms with van der Waals surface area (Å²) in [6.07, 6.45) is 1.53. The Morgan fingerprint density at radius 3 is 2.37 bits per heavy atom. The van der Waals surface area contributed by atoms with Crippen LogP contribution in [0.25, 0.3) is 0 Å². The van der Waals surface area contributed by atoms with Crippen LogP contribution >= 0.6 is 0 Å². The van der Waals surface area contributed by atoms with Gasteiger partial charge in [-0.1, -0.05) is 6.07 Å². The summed E-state index contributed by atoms with van der Waals surface area (Å²) < 4.78 is 10.5. The summed E-state index contributed by atoms with van der Waals surface area (Å²) in [6, 6.07) is 16.5. The van der Waals surface area contributed by atoms with Crippen molar-refractivity contribution in [3.8, 4) is 11.5 Å². The van der Waals surface area contributed by atoms with E-state index in [0.29, 0.717) is 17.1 Å². The van der Waals surface area contributed by atoms with Gasteiger partial charge < -0.3 is 20.1 Å². The Morgan fingerprint density at radius 2 is 1.74 bits per heavy atom. The number of hydrogen-bond acceptors (Lipinski definition) is 5. The Labute approximate surface area is 158 Å². The molecule has 1 amide bonds. The zero-order chi connectivity index (χ0) is 19.2. The fourth-order valence-corrected chi connectivity index (χ4v) is 2.54. The van der Waals surface area contributed by atoms with Crippen molar-refractivity contribution in [2.24, 2.45) is 0 Å². The lowest BCUT2D eigenvalue weighted by Crippen LogP contribution is -2.12. The molecule has 0 aliphatic carbocycles. The maximum absolute atomic E-state index is 12.4. The van der Waals surface area contributed by atoms with E-state index in [1.165, 1.54) is 6.20 Å². The molecular formula is C21H21N3O3. The molecule has 0 saturated heterocycles. The van der Waals surface area contributed by atoms with Crippen LogP contribution in [-0.4, -0.2) is 25.1 Å².